The number of fused-ring (bicyclic) bond motifs is 1. The summed E-state index contributed by atoms with van der Waals surface area (Å²) in [5.74, 6) is 1.01. The minimum absolute atomic E-state index is 0.0524. The number of hydrogen-bond donors (Lipinski definition) is 1. The second kappa shape index (κ2) is 10.2. The van der Waals surface area contributed by atoms with Gasteiger partial charge in [-0.2, -0.15) is 0 Å². The number of carbonyl (C=O) groups is 1. The Morgan fingerprint density at radius 3 is 2.53 bits per heavy atom. The van der Waals surface area contributed by atoms with Gasteiger partial charge >= 0.3 is 0 Å². The number of amides is 1. The Labute approximate surface area is 203 Å². The normalized spacial score (nSPS) is 15.1. The maximum Gasteiger partial charge on any atom is 0.264 e. The van der Waals surface area contributed by atoms with Crippen LogP contribution in [0.5, 0.6) is 17.2 Å². The van der Waals surface area contributed by atoms with Gasteiger partial charge < -0.3 is 19.5 Å². The van der Waals surface area contributed by atoms with Gasteiger partial charge in [-0.3, -0.25) is 9.10 Å². The molecule has 0 bridgehead atoms. The summed E-state index contributed by atoms with van der Waals surface area (Å²) in [6.07, 6.45) is -1.06. The first-order chi connectivity index (χ1) is 16.4. The van der Waals surface area contributed by atoms with Crippen molar-refractivity contribution in [2.24, 2.45) is 0 Å². The van der Waals surface area contributed by atoms with E-state index >= 15 is 0 Å². The maximum atomic E-state index is 13.5. The van der Waals surface area contributed by atoms with Gasteiger partial charge in [0, 0.05) is 5.02 Å². The highest BCUT2D eigenvalue weighted by Crippen LogP contribution is 2.39. The molecule has 3 aromatic rings. The average Bonchev–Trinajstić information content (AvgIpc) is 2.86. The Bertz CT molecular complexity index is 1250. The van der Waals surface area contributed by atoms with E-state index in [0.29, 0.717) is 16.5 Å². The van der Waals surface area contributed by atoms with E-state index in [-0.39, 0.29) is 36.0 Å². The Morgan fingerprint density at radius 1 is 1.09 bits per heavy atom. The van der Waals surface area contributed by atoms with Crippen LogP contribution in [0.4, 0.5) is 5.69 Å². The summed E-state index contributed by atoms with van der Waals surface area (Å²) in [7, 11) is -2.51. The fourth-order valence-electron chi connectivity index (χ4n) is 3.44. The molecule has 1 N–H and O–H groups in total. The summed E-state index contributed by atoms with van der Waals surface area (Å²) in [6, 6.07) is 19.9. The Morgan fingerprint density at radius 2 is 1.82 bits per heavy atom. The molecule has 178 valence electrons. The third kappa shape index (κ3) is 5.21. The minimum atomic E-state index is -4.01. The molecule has 3 aromatic carbocycles. The van der Waals surface area contributed by atoms with Crippen molar-refractivity contribution in [1.29, 1.82) is 0 Å². The predicted octanol–water partition coefficient (Wildman–Crippen LogP) is 3.50. The highest BCUT2D eigenvalue weighted by Gasteiger charge is 2.37. The number of nitrogens with zero attached hydrogens (tertiary/aromatic N) is 1. The minimum Gasteiger partial charge on any atom is -0.497 e. The third-order valence-electron chi connectivity index (χ3n) is 5.14. The van der Waals surface area contributed by atoms with E-state index in [0.717, 1.165) is 4.31 Å². The Kier molecular flexibility index (Phi) is 7.14. The molecule has 0 spiro atoms. The standard InChI is InChI=1S/C24H23ClN2O6S/c1-31-18-8-10-20(11-9-18)34(29,30)27-16-23(33-22-12-7-17(25)15-21(22)27)24(28)26-13-14-32-19-5-3-2-4-6-19/h2-12,15,23H,13-14,16H2,1H3,(H,26,28)/t23-/m0/s1. The molecule has 1 atom stereocenters. The van der Waals surface area contributed by atoms with Crippen LogP contribution in [0.25, 0.3) is 0 Å². The van der Waals surface area contributed by atoms with Gasteiger partial charge in [0.1, 0.15) is 23.9 Å². The van der Waals surface area contributed by atoms with Crippen molar-refractivity contribution >= 4 is 33.2 Å². The van der Waals surface area contributed by atoms with Crippen molar-refractivity contribution in [2.75, 3.05) is 31.1 Å². The molecule has 0 unspecified atom stereocenters. The van der Waals surface area contributed by atoms with Gasteiger partial charge in [-0.1, -0.05) is 29.8 Å². The molecular weight excluding hydrogens is 480 g/mol. The van der Waals surface area contributed by atoms with Gasteiger partial charge in [-0.05, 0) is 54.6 Å². The Hall–Kier alpha value is -3.43. The van der Waals surface area contributed by atoms with Crippen LogP contribution in [-0.2, 0) is 14.8 Å². The molecule has 0 aliphatic carbocycles. The van der Waals surface area contributed by atoms with Crippen LogP contribution in [0.1, 0.15) is 0 Å². The topological polar surface area (TPSA) is 94.2 Å². The third-order valence-corrected chi connectivity index (χ3v) is 7.17. The molecule has 0 saturated carbocycles. The number of methoxy groups -OCH3 is 1. The Balaban J connectivity index is 1.51. The maximum absolute atomic E-state index is 13.5. The van der Waals surface area contributed by atoms with Crippen LogP contribution < -0.4 is 23.8 Å². The zero-order valence-corrected chi connectivity index (χ0v) is 19.9. The molecule has 8 nitrogen and oxygen atoms in total. The first kappa shape index (κ1) is 23.7. The van der Waals surface area contributed by atoms with Crippen molar-refractivity contribution in [2.45, 2.75) is 11.0 Å². The van der Waals surface area contributed by atoms with Gasteiger partial charge in [0.05, 0.1) is 30.8 Å². The predicted molar refractivity (Wildman–Crippen MR) is 128 cm³/mol. The van der Waals surface area contributed by atoms with Crippen LogP contribution in [-0.4, -0.2) is 47.2 Å². The lowest BCUT2D eigenvalue weighted by Crippen LogP contribution is -2.51. The van der Waals surface area contributed by atoms with Gasteiger partial charge in [-0.25, -0.2) is 8.42 Å². The van der Waals surface area contributed by atoms with Gasteiger partial charge in [0.15, 0.2) is 6.10 Å². The number of nitrogens with one attached hydrogen (secondary N) is 1. The van der Waals surface area contributed by atoms with Crippen molar-refractivity contribution in [3.63, 3.8) is 0 Å². The van der Waals surface area contributed by atoms with Gasteiger partial charge in [0.25, 0.3) is 15.9 Å². The van der Waals surface area contributed by atoms with Crippen molar-refractivity contribution < 1.29 is 27.4 Å². The van der Waals surface area contributed by atoms with Crippen molar-refractivity contribution in [3.8, 4) is 17.2 Å². The molecule has 0 radical (unpaired) electrons. The summed E-state index contributed by atoms with van der Waals surface area (Å²) in [5, 5.41) is 3.08. The number of para-hydroxylation sites is 1. The van der Waals surface area contributed by atoms with Crippen LogP contribution in [0.15, 0.2) is 77.7 Å². The molecule has 34 heavy (non-hydrogen) atoms. The SMILES string of the molecule is COc1ccc(S(=O)(=O)N2C[C@@H](C(=O)NCCOc3ccccc3)Oc3ccc(Cl)cc32)cc1. The molecular formula is C24H23ClN2O6S. The highest BCUT2D eigenvalue weighted by atomic mass is 35.5. The van der Waals surface area contributed by atoms with Gasteiger partial charge in [0.2, 0.25) is 0 Å². The van der Waals surface area contributed by atoms with E-state index in [1.165, 1.54) is 25.3 Å². The molecule has 0 fully saturated rings. The van der Waals surface area contributed by atoms with E-state index in [2.05, 4.69) is 5.32 Å². The van der Waals surface area contributed by atoms with Gasteiger partial charge in [-0.15, -0.1) is 0 Å². The number of halogens is 1. The largest absolute Gasteiger partial charge is 0.497 e. The molecule has 1 aliphatic heterocycles. The lowest BCUT2D eigenvalue weighted by atomic mass is 10.2. The van der Waals surface area contributed by atoms with E-state index < -0.39 is 22.0 Å². The summed E-state index contributed by atoms with van der Waals surface area (Å²) in [4.78, 5) is 12.9. The molecule has 0 saturated heterocycles. The molecule has 1 heterocycles. The van der Waals surface area contributed by atoms with E-state index in [9.17, 15) is 13.2 Å². The lowest BCUT2D eigenvalue weighted by Gasteiger charge is -2.34. The molecule has 1 aliphatic rings. The summed E-state index contributed by atoms with van der Waals surface area (Å²) >= 11 is 6.12. The number of hydrogen-bond acceptors (Lipinski definition) is 6. The summed E-state index contributed by atoms with van der Waals surface area (Å²) in [6.45, 7) is 0.266. The summed E-state index contributed by atoms with van der Waals surface area (Å²) in [5.41, 5.74) is 0.264. The quantitative estimate of drug-likeness (QED) is 0.474. The zero-order chi connectivity index (χ0) is 24.1. The number of benzene rings is 3. The average molecular weight is 503 g/mol. The molecule has 10 heteroatoms. The van der Waals surface area contributed by atoms with E-state index in [1.54, 1.807) is 24.3 Å². The van der Waals surface area contributed by atoms with Crippen LogP contribution in [0, 0.1) is 0 Å². The van der Waals surface area contributed by atoms with E-state index in [4.69, 9.17) is 25.8 Å². The zero-order valence-electron chi connectivity index (χ0n) is 18.3. The first-order valence-electron chi connectivity index (χ1n) is 10.5. The number of carbonyl (C=O) groups excluding carboxylic acids is 1. The monoisotopic (exact) mass is 502 g/mol. The molecule has 4 rings (SSSR count). The van der Waals surface area contributed by atoms with E-state index in [1.807, 2.05) is 30.3 Å². The second-order valence-electron chi connectivity index (χ2n) is 7.38. The van der Waals surface area contributed by atoms with Crippen molar-refractivity contribution in [1.82, 2.24) is 5.32 Å². The van der Waals surface area contributed by atoms with Crippen LogP contribution >= 0.6 is 11.6 Å². The second-order valence-corrected chi connectivity index (χ2v) is 9.68. The fraction of sp³-hybridized carbons (Fsp3) is 0.208. The highest BCUT2D eigenvalue weighted by molar-refractivity contribution is 7.92. The first-order valence-corrected chi connectivity index (χ1v) is 12.3. The van der Waals surface area contributed by atoms with Crippen LogP contribution in [0.2, 0.25) is 5.02 Å². The van der Waals surface area contributed by atoms with Crippen LogP contribution in [0.3, 0.4) is 0 Å². The lowest BCUT2D eigenvalue weighted by molar-refractivity contribution is -0.127. The summed E-state index contributed by atoms with van der Waals surface area (Å²) < 4.78 is 44.6. The smallest absolute Gasteiger partial charge is 0.264 e. The molecule has 0 aromatic heterocycles. The number of rotatable bonds is 8. The van der Waals surface area contributed by atoms with Crippen molar-refractivity contribution in [3.05, 3.63) is 77.8 Å². The number of ether oxygens (including phenoxy) is 3. The number of anilines is 1. The fourth-order valence-corrected chi connectivity index (χ4v) is 5.07. The number of sulfonamides is 1. The molecule has 1 amide bonds.